The maximum atomic E-state index is 5.75. The second kappa shape index (κ2) is 4.61. The highest BCUT2D eigenvalue weighted by atomic mass is 16.5. The number of terminal acetylenes is 1. The summed E-state index contributed by atoms with van der Waals surface area (Å²) >= 11 is 0. The molecule has 1 heterocycles. The van der Waals surface area contributed by atoms with Crippen molar-refractivity contribution in [2.24, 2.45) is 5.73 Å². The van der Waals surface area contributed by atoms with Crippen molar-refractivity contribution in [1.82, 2.24) is 5.32 Å². The van der Waals surface area contributed by atoms with Gasteiger partial charge in [-0.05, 0) is 19.8 Å². The average Bonchev–Trinajstić information content (AvgIpc) is 2.15. The first-order valence-electron chi connectivity index (χ1n) is 4.72. The van der Waals surface area contributed by atoms with Crippen LogP contribution in [0.1, 0.15) is 19.8 Å². The summed E-state index contributed by atoms with van der Waals surface area (Å²) in [5, 5.41) is 3.32. The molecule has 1 aliphatic heterocycles. The van der Waals surface area contributed by atoms with Crippen LogP contribution in [0.25, 0.3) is 0 Å². The zero-order valence-electron chi connectivity index (χ0n) is 8.18. The van der Waals surface area contributed by atoms with Crippen LogP contribution in [-0.2, 0) is 4.74 Å². The molecule has 3 N–H and O–H groups in total. The fraction of sp³-hybridized carbons (Fsp3) is 0.800. The standard InChI is InChI=1S/C10H18N2O/c1-3-5-12-10(8-11)4-6-13-9(2)7-10/h1,9,12H,4-8,11H2,2H3. The summed E-state index contributed by atoms with van der Waals surface area (Å²) in [5.41, 5.74) is 5.76. The minimum Gasteiger partial charge on any atom is -0.378 e. The van der Waals surface area contributed by atoms with Gasteiger partial charge in [-0.15, -0.1) is 6.42 Å². The third kappa shape index (κ3) is 2.70. The van der Waals surface area contributed by atoms with Gasteiger partial charge in [0.25, 0.3) is 0 Å². The van der Waals surface area contributed by atoms with E-state index in [1.54, 1.807) is 0 Å². The molecule has 2 atom stereocenters. The van der Waals surface area contributed by atoms with Crippen LogP contribution in [0.3, 0.4) is 0 Å². The molecule has 0 aromatic carbocycles. The lowest BCUT2D eigenvalue weighted by atomic mass is 9.87. The van der Waals surface area contributed by atoms with Crippen LogP contribution >= 0.6 is 0 Å². The van der Waals surface area contributed by atoms with E-state index in [4.69, 9.17) is 16.9 Å². The summed E-state index contributed by atoms with van der Waals surface area (Å²) in [5.74, 6) is 2.58. The molecular formula is C10H18N2O. The Labute approximate surface area is 80.0 Å². The molecule has 1 saturated heterocycles. The van der Waals surface area contributed by atoms with Crippen molar-refractivity contribution in [2.45, 2.75) is 31.4 Å². The van der Waals surface area contributed by atoms with Gasteiger partial charge in [0, 0.05) is 18.7 Å². The van der Waals surface area contributed by atoms with Gasteiger partial charge in [-0.3, -0.25) is 5.32 Å². The Bertz CT molecular complexity index is 200. The van der Waals surface area contributed by atoms with E-state index in [-0.39, 0.29) is 11.6 Å². The molecule has 0 aromatic heterocycles. The summed E-state index contributed by atoms with van der Waals surface area (Å²) < 4.78 is 5.47. The molecule has 0 aromatic rings. The molecule has 13 heavy (non-hydrogen) atoms. The Balaban J connectivity index is 2.52. The molecule has 1 rings (SSSR count). The van der Waals surface area contributed by atoms with Crippen molar-refractivity contribution in [3.63, 3.8) is 0 Å². The van der Waals surface area contributed by atoms with Crippen molar-refractivity contribution in [2.75, 3.05) is 19.7 Å². The lowest BCUT2D eigenvalue weighted by Crippen LogP contribution is -2.56. The largest absolute Gasteiger partial charge is 0.378 e. The third-order valence-electron chi connectivity index (χ3n) is 2.62. The predicted molar refractivity (Wildman–Crippen MR) is 53.3 cm³/mol. The molecule has 74 valence electrons. The van der Waals surface area contributed by atoms with Crippen molar-refractivity contribution >= 4 is 0 Å². The van der Waals surface area contributed by atoms with Gasteiger partial charge in [-0.25, -0.2) is 0 Å². The molecular weight excluding hydrogens is 164 g/mol. The summed E-state index contributed by atoms with van der Waals surface area (Å²) in [4.78, 5) is 0. The molecule has 1 fully saturated rings. The lowest BCUT2D eigenvalue weighted by Gasteiger charge is -2.39. The highest BCUT2D eigenvalue weighted by Gasteiger charge is 2.33. The van der Waals surface area contributed by atoms with Crippen molar-refractivity contribution in [3.8, 4) is 12.3 Å². The number of ether oxygens (including phenoxy) is 1. The SMILES string of the molecule is C#CCNC1(CN)CCOC(C)C1. The highest BCUT2D eigenvalue weighted by molar-refractivity contribution is 4.98. The van der Waals surface area contributed by atoms with Gasteiger partial charge in [0.1, 0.15) is 0 Å². The van der Waals surface area contributed by atoms with E-state index in [1.807, 2.05) is 0 Å². The zero-order chi connectivity index (χ0) is 9.73. The van der Waals surface area contributed by atoms with E-state index in [9.17, 15) is 0 Å². The predicted octanol–water partition coefficient (Wildman–Crippen LogP) is 0.106. The number of rotatable bonds is 3. The molecule has 3 nitrogen and oxygen atoms in total. The van der Waals surface area contributed by atoms with Gasteiger partial charge in [0.15, 0.2) is 0 Å². The van der Waals surface area contributed by atoms with E-state index in [2.05, 4.69) is 18.2 Å². The molecule has 0 saturated carbocycles. The number of hydrogen-bond acceptors (Lipinski definition) is 3. The molecule has 0 radical (unpaired) electrons. The van der Waals surface area contributed by atoms with Crippen LogP contribution in [0.4, 0.5) is 0 Å². The normalized spacial score (nSPS) is 34.1. The molecule has 0 bridgehead atoms. The minimum atomic E-state index is 0.00400. The molecule has 0 spiro atoms. The zero-order valence-corrected chi connectivity index (χ0v) is 8.18. The molecule has 3 heteroatoms. The smallest absolute Gasteiger partial charge is 0.0578 e. The number of hydrogen-bond donors (Lipinski definition) is 2. The van der Waals surface area contributed by atoms with Crippen molar-refractivity contribution < 1.29 is 4.74 Å². The van der Waals surface area contributed by atoms with Crippen molar-refractivity contribution in [1.29, 1.82) is 0 Å². The number of nitrogens with two attached hydrogens (primary N) is 1. The van der Waals surface area contributed by atoms with Gasteiger partial charge in [0.05, 0.1) is 12.6 Å². The molecule has 0 amide bonds. The van der Waals surface area contributed by atoms with Crippen LogP contribution in [-0.4, -0.2) is 31.3 Å². The number of nitrogens with one attached hydrogen (secondary N) is 1. The van der Waals surface area contributed by atoms with Crippen LogP contribution in [0.2, 0.25) is 0 Å². The Kier molecular flexibility index (Phi) is 3.73. The maximum Gasteiger partial charge on any atom is 0.0578 e. The summed E-state index contributed by atoms with van der Waals surface area (Å²) in [6.07, 6.45) is 7.39. The lowest BCUT2D eigenvalue weighted by molar-refractivity contribution is -0.0150. The second-order valence-electron chi connectivity index (χ2n) is 3.68. The van der Waals surface area contributed by atoms with E-state index < -0.39 is 0 Å². The van der Waals surface area contributed by atoms with Crippen LogP contribution < -0.4 is 11.1 Å². The third-order valence-corrected chi connectivity index (χ3v) is 2.62. The molecule has 0 aliphatic carbocycles. The topological polar surface area (TPSA) is 47.3 Å². The highest BCUT2D eigenvalue weighted by Crippen LogP contribution is 2.23. The quantitative estimate of drug-likeness (QED) is 0.609. The van der Waals surface area contributed by atoms with Gasteiger partial charge in [0.2, 0.25) is 0 Å². The summed E-state index contributed by atoms with van der Waals surface area (Å²) in [6, 6.07) is 0. The Morgan fingerprint density at radius 3 is 3.08 bits per heavy atom. The first-order valence-corrected chi connectivity index (χ1v) is 4.72. The van der Waals surface area contributed by atoms with E-state index in [0.29, 0.717) is 13.1 Å². The van der Waals surface area contributed by atoms with Crippen LogP contribution in [0, 0.1) is 12.3 Å². The second-order valence-corrected chi connectivity index (χ2v) is 3.68. The fourth-order valence-corrected chi connectivity index (χ4v) is 1.82. The van der Waals surface area contributed by atoms with E-state index in [1.165, 1.54) is 0 Å². The van der Waals surface area contributed by atoms with Crippen LogP contribution in [0.15, 0.2) is 0 Å². The van der Waals surface area contributed by atoms with E-state index in [0.717, 1.165) is 19.4 Å². The van der Waals surface area contributed by atoms with Gasteiger partial charge < -0.3 is 10.5 Å². The monoisotopic (exact) mass is 182 g/mol. The van der Waals surface area contributed by atoms with Gasteiger partial charge >= 0.3 is 0 Å². The van der Waals surface area contributed by atoms with Gasteiger partial charge in [-0.2, -0.15) is 0 Å². The summed E-state index contributed by atoms with van der Waals surface area (Å²) in [6.45, 7) is 4.06. The Morgan fingerprint density at radius 2 is 2.54 bits per heavy atom. The first kappa shape index (κ1) is 10.5. The first-order chi connectivity index (χ1) is 6.22. The Hall–Kier alpha value is -0.560. The van der Waals surface area contributed by atoms with Crippen LogP contribution in [0.5, 0.6) is 0 Å². The molecule has 1 aliphatic rings. The van der Waals surface area contributed by atoms with Crippen molar-refractivity contribution in [3.05, 3.63) is 0 Å². The average molecular weight is 182 g/mol. The van der Waals surface area contributed by atoms with E-state index >= 15 is 0 Å². The summed E-state index contributed by atoms with van der Waals surface area (Å²) in [7, 11) is 0. The molecule has 2 unspecified atom stereocenters. The minimum absolute atomic E-state index is 0.00400. The van der Waals surface area contributed by atoms with Gasteiger partial charge in [-0.1, -0.05) is 5.92 Å². The maximum absolute atomic E-state index is 5.75. The fourth-order valence-electron chi connectivity index (χ4n) is 1.82. The Morgan fingerprint density at radius 1 is 1.77 bits per heavy atom.